The molecule has 1 aromatic carbocycles. The molecule has 6 nitrogen and oxygen atoms in total. The standard InChI is InChI=1S/C22H24ClN5O/c23-18-7-5-17(6-8-18)22(11-1-2-12-22)21(29)25-14-13-24-19-9-10-20(27-26-19)28-15-3-4-16-28/h3-10,15-16H,1-2,11-14H2,(H,24,26)(H,25,29). The molecule has 7 heteroatoms. The van der Waals surface area contributed by atoms with Crippen LogP contribution in [0, 0.1) is 0 Å². The summed E-state index contributed by atoms with van der Waals surface area (Å²) in [4.78, 5) is 13.0. The highest BCUT2D eigenvalue weighted by molar-refractivity contribution is 6.30. The van der Waals surface area contributed by atoms with Gasteiger partial charge in [-0.3, -0.25) is 4.79 Å². The van der Waals surface area contributed by atoms with Gasteiger partial charge in [0.15, 0.2) is 5.82 Å². The first kappa shape index (κ1) is 19.5. The van der Waals surface area contributed by atoms with E-state index in [1.807, 2.05) is 65.5 Å². The first-order valence-corrected chi connectivity index (χ1v) is 10.3. The quantitative estimate of drug-likeness (QED) is 0.579. The van der Waals surface area contributed by atoms with E-state index < -0.39 is 5.41 Å². The second-order valence-electron chi connectivity index (χ2n) is 7.35. The van der Waals surface area contributed by atoms with E-state index in [1.54, 1.807) is 0 Å². The Labute approximate surface area is 175 Å². The minimum absolute atomic E-state index is 0.0909. The second kappa shape index (κ2) is 8.66. The summed E-state index contributed by atoms with van der Waals surface area (Å²) in [7, 11) is 0. The molecule has 3 aromatic rings. The number of hydrogen-bond donors (Lipinski definition) is 2. The SMILES string of the molecule is O=C(NCCNc1ccc(-n2cccc2)nn1)C1(c2ccc(Cl)cc2)CCCC1. The van der Waals surface area contributed by atoms with Crippen LogP contribution in [0.5, 0.6) is 0 Å². The molecule has 1 aliphatic carbocycles. The molecule has 0 atom stereocenters. The molecule has 1 fully saturated rings. The third-order valence-electron chi connectivity index (χ3n) is 5.52. The van der Waals surface area contributed by atoms with Crippen molar-refractivity contribution in [3.8, 4) is 5.82 Å². The molecule has 2 heterocycles. The highest BCUT2D eigenvalue weighted by atomic mass is 35.5. The maximum atomic E-state index is 13.0. The average Bonchev–Trinajstić information content (AvgIpc) is 3.45. The van der Waals surface area contributed by atoms with Gasteiger partial charge in [-0.05, 0) is 54.8 Å². The fourth-order valence-corrected chi connectivity index (χ4v) is 4.10. The van der Waals surface area contributed by atoms with Crippen molar-refractivity contribution in [2.45, 2.75) is 31.1 Å². The Hall–Kier alpha value is -2.86. The van der Waals surface area contributed by atoms with Crippen molar-refractivity contribution in [2.24, 2.45) is 0 Å². The summed E-state index contributed by atoms with van der Waals surface area (Å²) in [6.45, 7) is 1.11. The molecule has 0 unspecified atom stereocenters. The van der Waals surface area contributed by atoms with Gasteiger partial charge in [-0.2, -0.15) is 0 Å². The molecule has 0 aliphatic heterocycles. The van der Waals surface area contributed by atoms with Crippen LogP contribution in [0.1, 0.15) is 31.2 Å². The number of nitrogens with one attached hydrogen (secondary N) is 2. The Balaban J connectivity index is 1.31. The van der Waals surface area contributed by atoms with Gasteiger partial charge < -0.3 is 15.2 Å². The van der Waals surface area contributed by atoms with Crippen LogP contribution in [0.15, 0.2) is 60.9 Å². The molecule has 0 saturated heterocycles. The van der Waals surface area contributed by atoms with Gasteiger partial charge in [-0.25, -0.2) is 0 Å². The van der Waals surface area contributed by atoms with E-state index in [4.69, 9.17) is 11.6 Å². The molecular weight excluding hydrogens is 386 g/mol. The van der Waals surface area contributed by atoms with Gasteiger partial charge in [0.1, 0.15) is 5.82 Å². The molecule has 0 spiro atoms. The first-order valence-electron chi connectivity index (χ1n) is 9.93. The molecule has 150 valence electrons. The summed E-state index contributed by atoms with van der Waals surface area (Å²) in [5, 5.41) is 15.4. The number of amides is 1. The molecule has 1 saturated carbocycles. The van der Waals surface area contributed by atoms with Crippen molar-refractivity contribution >= 4 is 23.3 Å². The summed E-state index contributed by atoms with van der Waals surface area (Å²) in [6.07, 6.45) is 7.73. The van der Waals surface area contributed by atoms with Crippen molar-refractivity contribution in [2.75, 3.05) is 18.4 Å². The Morgan fingerprint density at radius 1 is 1.00 bits per heavy atom. The number of hydrogen-bond acceptors (Lipinski definition) is 4. The van der Waals surface area contributed by atoms with Gasteiger partial charge in [0.25, 0.3) is 0 Å². The lowest BCUT2D eigenvalue weighted by atomic mass is 9.78. The molecule has 1 amide bonds. The van der Waals surface area contributed by atoms with E-state index in [2.05, 4.69) is 20.8 Å². The van der Waals surface area contributed by atoms with Gasteiger partial charge in [0.2, 0.25) is 5.91 Å². The van der Waals surface area contributed by atoms with Gasteiger partial charge in [-0.1, -0.05) is 36.6 Å². The number of carbonyl (C=O) groups excluding carboxylic acids is 1. The second-order valence-corrected chi connectivity index (χ2v) is 7.78. The highest BCUT2D eigenvalue weighted by Crippen LogP contribution is 2.41. The zero-order valence-electron chi connectivity index (χ0n) is 16.1. The smallest absolute Gasteiger partial charge is 0.230 e. The van der Waals surface area contributed by atoms with E-state index in [0.29, 0.717) is 23.9 Å². The van der Waals surface area contributed by atoms with Crippen LogP contribution in [0.3, 0.4) is 0 Å². The van der Waals surface area contributed by atoms with Crippen LogP contribution in [0.2, 0.25) is 5.02 Å². The van der Waals surface area contributed by atoms with Gasteiger partial charge >= 0.3 is 0 Å². The normalized spacial score (nSPS) is 15.2. The topological polar surface area (TPSA) is 71.8 Å². The van der Waals surface area contributed by atoms with E-state index in [0.717, 1.165) is 37.1 Å². The van der Waals surface area contributed by atoms with Gasteiger partial charge in [0.05, 0.1) is 5.41 Å². The number of rotatable bonds is 7. The summed E-state index contributed by atoms with van der Waals surface area (Å²) in [5.74, 6) is 1.54. The molecule has 0 radical (unpaired) electrons. The number of carbonyl (C=O) groups is 1. The average molecular weight is 410 g/mol. The fourth-order valence-electron chi connectivity index (χ4n) is 3.97. The minimum Gasteiger partial charge on any atom is -0.367 e. The zero-order chi connectivity index (χ0) is 20.1. The Morgan fingerprint density at radius 3 is 2.38 bits per heavy atom. The Bertz CT molecular complexity index is 932. The van der Waals surface area contributed by atoms with Crippen molar-refractivity contribution in [3.63, 3.8) is 0 Å². The summed E-state index contributed by atoms with van der Waals surface area (Å²) in [5.41, 5.74) is 0.610. The monoisotopic (exact) mass is 409 g/mol. The molecule has 4 rings (SSSR count). The molecule has 1 aliphatic rings. The molecule has 2 aromatic heterocycles. The Morgan fingerprint density at radius 2 is 1.72 bits per heavy atom. The van der Waals surface area contributed by atoms with Crippen LogP contribution in [0.25, 0.3) is 5.82 Å². The van der Waals surface area contributed by atoms with Crippen LogP contribution in [0.4, 0.5) is 5.82 Å². The first-order chi connectivity index (χ1) is 14.2. The van der Waals surface area contributed by atoms with Crippen LogP contribution in [-0.2, 0) is 10.2 Å². The van der Waals surface area contributed by atoms with Crippen molar-refractivity contribution in [1.29, 1.82) is 0 Å². The maximum absolute atomic E-state index is 13.0. The lowest BCUT2D eigenvalue weighted by Gasteiger charge is -2.28. The minimum atomic E-state index is -0.442. The van der Waals surface area contributed by atoms with E-state index in [1.165, 1.54) is 0 Å². The third-order valence-corrected chi connectivity index (χ3v) is 5.78. The summed E-state index contributed by atoms with van der Waals surface area (Å²) in [6, 6.07) is 15.4. The van der Waals surface area contributed by atoms with Crippen molar-refractivity contribution in [3.05, 3.63) is 71.5 Å². The number of benzene rings is 1. The maximum Gasteiger partial charge on any atom is 0.230 e. The van der Waals surface area contributed by atoms with Crippen molar-refractivity contribution in [1.82, 2.24) is 20.1 Å². The van der Waals surface area contributed by atoms with Crippen LogP contribution >= 0.6 is 11.6 Å². The van der Waals surface area contributed by atoms with Crippen LogP contribution < -0.4 is 10.6 Å². The van der Waals surface area contributed by atoms with E-state index in [-0.39, 0.29) is 5.91 Å². The summed E-state index contributed by atoms with van der Waals surface area (Å²) < 4.78 is 1.90. The number of aromatic nitrogens is 3. The zero-order valence-corrected chi connectivity index (χ0v) is 16.9. The van der Waals surface area contributed by atoms with E-state index in [9.17, 15) is 4.79 Å². The third kappa shape index (κ3) is 4.27. The highest BCUT2D eigenvalue weighted by Gasteiger charge is 2.42. The fraction of sp³-hybridized carbons (Fsp3) is 0.318. The lowest BCUT2D eigenvalue weighted by molar-refractivity contribution is -0.126. The van der Waals surface area contributed by atoms with Crippen molar-refractivity contribution < 1.29 is 4.79 Å². The predicted molar refractivity (Wildman–Crippen MR) is 114 cm³/mol. The predicted octanol–water partition coefficient (Wildman–Crippen LogP) is 3.96. The van der Waals surface area contributed by atoms with Gasteiger partial charge in [0, 0.05) is 30.5 Å². The van der Waals surface area contributed by atoms with Crippen LogP contribution in [-0.4, -0.2) is 33.8 Å². The lowest BCUT2D eigenvalue weighted by Crippen LogP contribution is -2.44. The number of anilines is 1. The molecule has 0 bridgehead atoms. The van der Waals surface area contributed by atoms with Gasteiger partial charge in [-0.15, -0.1) is 10.2 Å². The van der Waals surface area contributed by atoms with E-state index >= 15 is 0 Å². The number of halogens is 1. The Kier molecular flexibility index (Phi) is 5.81. The largest absolute Gasteiger partial charge is 0.367 e. The molecule has 2 N–H and O–H groups in total. The number of nitrogens with zero attached hydrogens (tertiary/aromatic N) is 3. The molecule has 29 heavy (non-hydrogen) atoms. The molecular formula is C22H24ClN5O. The summed E-state index contributed by atoms with van der Waals surface area (Å²) >= 11 is 6.02.